The van der Waals surface area contributed by atoms with Crippen LogP contribution in [0.4, 0.5) is 0 Å². The molecule has 0 aliphatic rings. The molecule has 0 aromatic heterocycles. The largest absolute Gasteiger partial charge is 0.507 e. The van der Waals surface area contributed by atoms with Gasteiger partial charge in [-0.3, -0.25) is 4.99 Å². The zero-order valence-electron chi connectivity index (χ0n) is 41.2. The Morgan fingerprint density at radius 3 is 1.30 bits per heavy atom. The van der Waals surface area contributed by atoms with Crippen molar-refractivity contribution in [1.82, 2.24) is 0 Å². The van der Waals surface area contributed by atoms with Gasteiger partial charge in [-0.1, -0.05) is 161 Å². The van der Waals surface area contributed by atoms with Crippen molar-refractivity contribution in [2.24, 2.45) is 4.99 Å². The first-order valence-corrected chi connectivity index (χ1v) is 23.5. The Morgan fingerprint density at radius 1 is 0.590 bits per heavy atom. The maximum absolute atomic E-state index is 13.9. The first-order chi connectivity index (χ1) is 28.4. The number of nitriles is 1. The summed E-state index contributed by atoms with van der Waals surface area (Å²) in [4.78, 5) is 5.04. The Bertz CT molecular complexity index is 1760. The van der Waals surface area contributed by atoms with Crippen LogP contribution in [0.2, 0.25) is 0 Å². The number of hydrogen-bond acceptors (Lipinski definition) is 6. The van der Waals surface area contributed by atoms with E-state index in [1.165, 1.54) is 57.4 Å². The quantitative estimate of drug-likeness (QED) is 0.0823. The molecule has 0 amide bonds. The number of aliphatic hydroxyl groups is 1. The molecule has 1 atom stereocenters. The number of benzene rings is 3. The number of ether oxygens (including phenoxy) is 2. The molecule has 3 aromatic carbocycles. The van der Waals surface area contributed by atoms with Gasteiger partial charge in [0.05, 0.1) is 30.9 Å². The molecule has 0 aliphatic carbocycles. The molecular formula is C55H84N2O4. The van der Waals surface area contributed by atoms with Crippen LogP contribution < -0.4 is 9.47 Å². The van der Waals surface area contributed by atoms with Crippen molar-refractivity contribution in [3.8, 4) is 23.3 Å². The molecule has 0 spiro atoms. The first kappa shape index (κ1) is 51.5. The van der Waals surface area contributed by atoms with Gasteiger partial charge < -0.3 is 19.7 Å². The van der Waals surface area contributed by atoms with Crippen LogP contribution in [0.1, 0.15) is 225 Å². The van der Waals surface area contributed by atoms with Crippen LogP contribution in [-0.2, 0) is 27.3 Å². The summed E-state index contributed by atoms with van der Waals surface area (Å²) >= 11 is 0. The fraction of sp³-hybridized carbons (Fsp3) is 0.636. The molecule has 0 heterocycles. The van der Waals surface area contributed by atoms with Crippen molar-refractivity contribution in [2.75, 3.05) is 13.2 Å². The predicted molar refractivity (Wildman–Crippen MR) is 258 cm³/mol. The van der Waals surface area contributed by atoms with E-state index in [2.05, 4.69) is 127 Å². The second-order valence-electron chi connectivity index (χ2n) is 21.6. The number of nitrogens with zero attached hydrogens (tertiary/aromatic N) is 2. The molecule has 3 aromatic rings. The van der Waals surface area contributed by atoms with Crippen molar-refractivity contribution in [1.29, 1.82) is 5.26 Å². The molecule has 338 valence electrons. The van der Waals surface area contributed by atoms with Gasteiger partial charge in [-0.15, -0.1) is 0 Å². The highest BCUT2D eigenvalue weighted by Crippen LogP contribution is 2.49. The minimum Gasteiger partial charge on any atom is -0.507 e. The lowest BCUT2D eigenvalue weighted by Crippen LogP contribution is -2.40. The number of aromatic hydroxyl groups is 1. The van der Waals surface area contributed by atoms with E-state index in [-0.39, 0.29) is 27.4 Å². The summed E-state index contributed by atoms with van der Waals surface area (Å²) in [5.74, 6) is 1.82. The van der Waals surface area contributed by atoms with Crippen molar-refractivity contribution in [3.05, 3.63) is 87.0 Å². The average Bonchev–Trinajstić information content (AvgIpc) is 3.17. The molecule has 0 bridgehead atoms. The second-order valence-corrected chi connectivity index (χ2v) is 21.6. The van der Waals surface area contributed by atoms with E-state index in [1.807, 2.05) is 6.92 Å². The van der Waals surface area contributed by atoms with Crippen molar-refractivity contribution >= 4 is 6.21 Å². The van der Waals surface area contributed by atoms with Gasteiger partial charge in [0.15, 0.2) is 0 Å². The molecule has 6 nitrogen and oxygen atoms in total. The predicted octanol–water partition coefficient (Wildman–Crippen LogP) is 14.7. The Balaban J connectivity index is 2.41. The standard InChI is InChI=1S/C55H84N2O4/c1-16-18-20-22-24-26-30-60-49-44(51(4,5)6)33-42(34-45(49)52(7,8)9)55(59,39(3)57-38-41-32-40(37-56)28-29-48(41)58)43-35-46(53(10,11)12)50(47(36-43)54(13,14)15)61-31-27-25-23-21-19-17-2/h28-29,32-36,38-39,58-59H,16-27,30-31H2,1-15H3. The van der Waals surface area contributed by atoms with Crippen LogP contribution >= 0.6 is 0 Å². The molecular weight excluding hydrogens is 753 g/mol. The molecule has 6 heteroatoms. The molecule has 2 N–H and O–H groups in total. The molecule has 0 saturated heterocycles. The molecule has 0 saturated carbocycles. The fourth-order valence-corrected chi connectivity index (χ4v) is 8.03. The van der Waals surface area contributed by atoms with Gasteiger partial charge in [0, 0.05) is 34.0 Å². The van der Waals surface area contributed by atoms with Gasteiger partial charge in [0.1, 0.15) is 22.8 Å². The highest BCUT2D eigenvalue weighted by molar-refractivity contribution is 5.84. The summed E-state index contributed by atoms with van der Waals surface area (Å²) in [5.41, 5.74) is 3.57. The molecule has 61 heavy (non-hydrogen) atoms. The van der Waals surface area contributed by atoms with Crippen LogP contribution in [0.3, 0.4) is 0 Å². The monoisotopic (exact) mass is 837 g/mol. The third kappa shape index (κ3) is 14.1. The number of rotatable bonds is 21. The van der Waals surface area contributed by atoms with Crippen molar-refractivity contribution in [2.45, 2.75) is 214 Å². The number of unbranched alkanes of at least 4 members (excludes halogenated alkanes) is 10. The zero-order chi connectivity index (χ0) is 45.8. The van der Waals surface area contributed by atoms with E-state index in [0.717, 1.165) is 70.6 Å². The third-order valence-electron chi connectivity index (χ3n) is 12.0. The van der Waals surface area contributed by atoms with Crippen molar-refractivity contribution < 1.29 is 19.7 Å². The van der Waals surface area contributed by atoms with E-state index >= 15 is 0 Å². The normalized spacial score (nSPS) is 13.4. The maximum Gasteiger partial charge on any atom is 0.137 e. The number of hydrogen-bond donors (Lipinski definition) is 2. The molecule has 0 fully saturated rings. The Hall–Kier alpha value is -3.82. The van der Waals surface area contributed by atoms with E-state index in [9.17, 15) is 15.5 Å². The van der Waals surface area contributed by atoms with Crippen LogP contribution in [0.25, 0.3) is 0 Å². The van der Waals surface area contributed by atoms with Gasteiger partial charge in [-0.25, -0.2) is 0 Å². The average molecular weight is 837 g/mol. The fourth-order valence-electron chi connectivity index (χ4n) is 8.03. The highest BCUT2D eigenvalue weighted by atomic mass is 16.5. The summed E-state index contributed by atoms with van der Waals surface area (Å²) < 4.78 is 13.7. The number of phenolic OH excluding ortho intramolecular Hbond substituents is 1. The molecule has 0 radical (unpaired) electrons. The van der Waals surface area contributed by atoms with Crippen LogP contribution in [-0.4, -0.2) is 35.7 Å². The lowest BCUT2D eigenvalue weighted by Gasteiger charge is -2.39. The smallest absolute Gasteiger partial charge is 0.137 e. The summed E-state index contributed by atoms with van der Waals surface area (Å²) in [6, 6.07) is 14.8. The van der Waals surface area contributed by atoms with E-state index in [4.69, 9.17) is 14.5 Å². The number of aliphatic imine (C=N–C) groups is 1. The summed E-state index contributed by atoms with van der Waals surface area (Å²) in [5, 5.41) is 34.4. The maximum atomic E-state index is 13.9. The lowest BCUT2D eigenvalue weighted by atomic mass is 9.71. The Labute approximate surface area is 372 Å². The van der Waals surface area contributed by atoms with Gasteiger partial charge >= 0.3 is 0 Å². The number of phenols is 1. The topological polar surface area (TPSA) is 95.1 Å². The Morgan fingerprint density at radius 2 is 0.951 bits per heavy atom. The summed E-state index contributed by atoms with van der Waals surface area (Å²) in [6.07, 6.45) is 15.8. The molecule has 3 rings (SSSR count). The zero-order valence-corrected chi connectivity index (χ0v) is 41.2. The van der Waals surface area contributed by atoms with Crippen LogP contribution in [0.5, 0.6) is 17.2 Å². The van der Waals surface area contributed by atoms with Crippen molar-refractivity contribution in [3.63, 3.8) is 0 Å². The van der Waals surface area contributed by atoms with Gasteiger partial charge in [0.2, 0.25) is 0 Å². The first-order valence-electron chi connectivity index (χ1n) is 23.5. The summed E-state index contributed by atoms with van der Waals surface area (Å²) in [6.45, 7) is 34.3. The van der Waals surface area contributed by atoms with E-state index in [1.54, 1.807) is 18.3 Å². The van der Waals surface area contributed by atoms with E-state index in [0.29, 0.717) is 24.3 Å². The summed E-state index contributed by atoms with van der Waals surface area (Å²) in [7, 11) is 0. The SMILES string of the molecule is CCCCCCCCOc1c(C(C)(C)C)cc(C(O)(c2cc(C(C)(C)C)c(OCCCCCCCC)c(C(C)(C)C)c2)C(C)N=Cc2cc(C#N)ccc2O)cc1C(C)(C)C. The van der Waals surface area contributed by atoms with E-state index < -0.39 is 11.6 Å². The van der Waals surface area contributed by atoms with Gasteiger partial charge in [-0.2, -0.15) is 5.26 Å². The molecule has 0 aliphatic heterocycles. The van der Waals surface area contributed by atoms with Gasteiger partial charge in [0.25, 0.3) is 0 Å². The minimum absolute atomic E-state index is 0.0206. The van der Waals surface area contributed by atoms with Gasteiger partial charge in [-0.05, 0) is 95.0 Å². The third-order valence-corrected chi connectivity index (χ3v) is 12.0. The second kappa shape index (κ2) is 22.0. The minimum atomic E-state index is -1.64. The van der Waals surface area contributed by atoms with Crippen LogP contribution in [0.15, 0.2) is 47.5 Å². The van der Waals surface area contributed by atoms with Crippen LogP contribution in [0, 0.1) is 11.3 Å². The highest BCUT2D eigenvalue weighted by Gasteiger charge is 2.43. The molecule has 1 unspecified atom stereocenters. The Kier molecular flexibility index (Phi) is 18.6. The lowest BCUT2D eigenvalue weighted by molar-refractivity contribution is 0.0581.